The standard InChI is InChI=1S/C17H21N3O4S/c1-11-10-14(24-19-11)16(22)23-12(2)15(21)20(17-18-8-9-25-17)13-6-4-3-5-7-13/h8-10,12-13H,3-7H2,1-2H3/t12-/m0/s1. The molecule has 0 bridgehead atoms. The molecule has 1 saturated carbocycles. The summed E-state index contributed by atoms with van der Waals surface area (Å²) >= 11 is 1.41. The number of aryl methyl sites for hydroxylation is 1. The monoisotopic (exact) mass is 363 g/mol. The second kappa shape index (κ2) is 7.77. The molecule has 3 rings (SSSR count). The quantitative estimate of drug-likeness (QED) is 0.757. The number of aromatic nitrogens is 2. The molecule has 25 heavy (non-hydrogen) atoms. The number of thiazole rings is 1. The van der Waals surface area contributed by atoms with Crippen molar-refractivity contribution >= 4 is 28.3 Å². The van der Waals surface area contributed by atoms with Crippen molar-refractivity contribution in [2.24, 2.45) is 0 Å². The first kappa shape index (κ1) is 17.6. The Morgan fingerprint density at radius 1 is 1.36 bits per heavy atom. The van der Waals surface area contributed by atoms with Crippen LogP contribution < -0.4 is 4.90 Å². The van der Waals surface area contributed by atoms with Crippen LogP contribution in [-0.4, -0.2) is 34.2 Å². The lowest BCUT2D eigenvalue weighted by Gasteiger charge is -2.33. The van der Waals surface area contributed by atoms with E-state index in [1.807, 2.05) is 5.38 Å². The fraction of sp³-hybridized carbons (Fsp3) is 0.529. The predicted octanol–water partition coefficient (Wildman–Crippen LogP) is 3.35. The van der Waals surface area contributed by atoms with E-state index >= 15 is 0 Å². The van der Waals surface area contributed by atoms with Crippen molar-refractivity contribution in [3.8, 4) is 0 Å². The van der Waals surface area contributed by atoms with Crippen molar-refractivity contribution in [2.75, 3.05) is 4.90 Å². The number of carbonyl (C=O) groups excluding carboxylic acids is 2. The summed E-state index contributed by atoms with van der Waals surface area (Å²) in [5.41, 5.74) is 0.581. The molecular weight excluding hydrogens is 342 g/mol. The number of nitrogens with zero attached hydrogens (tertiary/aromatic N) is 3. The van der Waals surface area contributed by atoms with Crippen molar-refractivity contribution in [2.45, 2.75) is 58.1 Å². The molecule has 7 nitrogen and oxygen atoms in total. The second-order valence-electron chi connectivity index (χ2n) is 6.19. The van der Waals surface area contributed by atoms with Crippen LogP contribution in [0.1, 0.15) is 55.3 Å². The van der Waals surface area contributed by atoms with Gasteiger partial charge in [0.2, 0.25) is 5.76 Å². The van der Waals surface area contributed by atoms with Gasteiger partial charge in [-0.2, -0.15) is 0 Å². The van der Waals surface area contributed by atoms with Crippen LogP contribution in [-0.2, 0) is 9.53 Å². The molecule has 2 heterocycles. The highest BCUT2D eigenvalue weighted by atomic mass is 32.1. The molecule has 0 spiro atoms. The maximum atomic E-state index is 13.0. The Labute approximate surface area is 150 Å². The minimum Gasteiger partial charge on any atom is -0.447 e. The largest absolute Gasteiger partial charge is 0.447 e. The molecule has 0 radical (unpaired) electrons. The van der Waals surface area contributed by atoms with Crippen LogP contribution in [0.5, 0.6) is 0 Å². The van der Waals surface area contributed by atoms with Gasteiger partial charge in [0, 0.05) is 23.7 Å². The summed E-state index contributed by atoms with van der Waals surface area (Å²) in [6.07, 6.45) is 5.99. The van der Waals surface area contributed by atoms with E-state index in [2.05, 4.69) is 10.1 Å². The van der Waals surface area contributed by atoms with Gasteiger partial charge in [-0.3, -0.25) is 9.69 Å². The SMILES string of the molecule is Cc1cc(C(=O)O[C@@H](C)C(=O)N(c2nccs2)C2CCCCC2)on1. The van der Waals surface area contributed by atoms with E-state index in [0.29, 0.717) is 10.8 Å². The molecule has 1 amide bonds. The zero-order valence-electron chi connectivity index (χ0n) is 14.3. The molecular formula is C17H21N3O4S. The van der Waals surface area contributed by atoms with Gasteiger partial charge in [-0.15, -0.1) is 11.3 Å². The smallest absolute Gasteiger partial charge is 0.377 e. The maximum absolute atomic E-state index is 13.0. The van der Waals surface area contributed by atoms with E-state index in [1.165, 1.54) is 23.8 Å². The van der Waals surface area contributed by atoms with Crippen LogP contribution in [0.3, 0.4) is 0 Å². The van der Waals surface area contributed by atoms with Gasteiger partial charge in [-0.25, -0.2) is 9.78 Å². The summed E-state index contributed by atoms with van der Waals surface area (Å²) in [5.74, 6) is -0.953. The van der Waals surface area contributed by atoms with Gasteiger partial charge in [0.15, 0.2) is 11.2 Å². The minimum atomic E-state index is -0.927. The third kappa shape index (κ3) is 4.07. The topological polar surface area (TPSA) is 85.5 Å². The fourth-order valence-electron chi connectivity index (χ4n) is 3.03. The molecule has 134 valence electrons. The Kier molecular flexibility index (Phi) is 5.47. The van der Waals surface area contributed by atoms with Crippen LogP contribution in [0.25, 0.3) is 0 Å². The van der Waals surface area contributed by atoms with Crippen LogP contribution >= 0.6 is 11.3 Å². The first-order valence-corrected chi connectivity index (χ1v) is 9.31. The molecule has 1 aliphatic carbocycles. The van der Waals surface area contributed by atoms with Crippen molar-refractivity contribution in [1.29, 1.82) is 0 Å². The summed E-state index contributed by atoms with van der Waals surface area (Å²) in [7, 11) is 0. The number of ether oxygens (including phenoxy) is 1. The summed E-state index contributed by atoms with van der Waals surface area (Å²) in [4.78, 5) is 31.1. The molecule has 0 unspecified atom stereocenters. The van der Waals surface area contributed by atoms with Crippen molar-refractivity contribution in [3.63, 3.8) is 0 Å². The summed E-state index contributed by atoms with van der Waals surface area (Å²) in [5, 5.41) is 6.15. The molecule has 1 aliphatic rings. The first-order chi connectivity index (χ1) is 12.1. The van der Waals surface area contributed by atoms with Gasteiger partial charge in [0.05, 0.1) is 5.69 Å². The summed E-state index contributed by atoms with van der Waals surface area (Å²) in [6, 6.07) is 1.58. The molecule has 8 heteroatoms. The van der Waals surface area contributed by atoms with E-state index in [1.54, 1.807) is 24.9 Å². The number of anilines is 1. The average molecular weight is 363 g/mol. The van der Waals surface area contributed by atoms with Crippen LogP contribution in [0.15, 0.2) is 22.2 Å². The van der Waals surface area contributed by atoms with Crippen LogP contribution in [0.4, 0.5) is 5.13 Å². The van der Waals surface area contributed by atoms with Gasteiger partial charge >= 0.3 is 5.97 Å². The van der Waals surface area contributed by atoms with E-state index in [4.69, 9.17) is 9.26 Å². The van der Waals surface area contributed by atoms with Crippen molar-refractivity contribution in [3.05, 3.63) is 29.1 Å². The van der Waals surface area contributed by atoms with Crippen LogP contribution in [0.2, 0.25) is 0 Å². The molecule has 0 N–H and O–H groups in total. The predicted molar refractivity (Wildman–Crippen MR) is 92.6 cm³/mol. The molecule has 0 saturated heterocycles. The highest BCUT2D eigenvalue weighted by molar-refractivity contribution is 7.13. The van der Waals surface area contributed by atoms with E-state index < -0.39 is 12.1 Å². The Morgan fingerprint density at radius 3 is 2.72 bits per heavy atom. The lowest BCUT2D eigenvalue weighted by Crippen LogP contribution is -2.47. The average Bonchev–Trinajstić information content (AvgIpc) is 3.28. The Bertz CT molecular complexity index is 722. The lowest BCUT2D eigenvalue weighted by molar-refractivity contribution is -0.127. The number of hydrogen-bond acceptors (Lipinski definition) is 7. The zero-order valence-corrected chi connectivity index (χ0v) is 15.1. The minimum absolute atomic E-state index is 0.00406. The Morgan fingerprint density at radius 2 is 2.12 bits per heavy atom. The number of amides is 1. The van der Waals surface area contributed by atoms with Gasteiger partial charge in [0.25, 0.3) is 5.91 Å². The van der Waals surface area contributed by atoms with Crippen LogP contribution in [0, 0.1) is 6.92 Å². The summed E-state index contributed by atoms with van der Waals surface area (Å²) in [6.45, 7) is 3.29. The fourth-order valence-corrected chi connectivity index (χ4v) is 3.75. The highest BCUT2D eigenvalue weighted by Gasteiger charge is 2.33. The maximum Gasteiger partial charge on any atom is 0.377 e. The molecule has 2 aromatic heterocycles. The molecule has 0 aliphatic heterocycles. The molecule has 0 aromatic carbocycles. The number of hydrogen-bond donors (Lipinski definition) is 0. The third-order valence-electron chi connectivity index (χ3n) is 4.26. The lowest BCUT2D eigenvalue weighted by atomic mass is 9.94. The first-order valence-electron chi connectivity index (χ1n) is 8.43. The number of esters is 1. The zero-order chi connectivity index (χ0) is 17.8. The normalized spacial score (nSPS) is 16.4. The Balaban J connectivity index is 1.73. The number of carbonyl (C=O) groups is 2. The Hall–Kier alpha value is -2.22. The van der Waals surface area contributed by atoms with Gasteiger partial charge in [-0.1, -0.05) is 24.4 Å². The second-order valence-corrected chi connectivity index (χ2v) is 7.07. The third-order valence-corrected chi connectivity index (χ3v) is 5.03. The molecule has 1 fully saturated rings. The van der Waals surface area contributed by atoms with Gasteiger partial charge in [-0.05, 0) is 26.7 Å². The van der Waals surface area contributed by atoms with Crippen molar-refractivity contribution in [1.82, 2.24) is 10.1 Å². The van der Waals surface area contributed by atoms with Gasteiger partial charge < -0.3 is 9.26 Å². The van der Waals surface area contributed by atoms with E-state index in [0.717, 1.165) is 25.7 Å². The number of rotatable bonds is 5. The summed E-state index contributed by atoms with van der Waals surface area (Å²) < 4.78 is 10.2. The van der Waals surface area contributed by atoms with E-state index in [-0.39, 0.29) is 17.7 Å². The molecule has 1 atom stereocenters. The van der Waals surface area contributed by atoms with E-state index in [9.17, 15) is 9.59 Å². The van der Waals surface area contributed by atoms with Gasteiger partial charge in [0.1, 0.15) is 0 Å². The van der Waals surface area contributed by atoms with Crippen molar-refractivity contribution < 1.29 is 18.8 Å². The molecule has 2 aromatic rings. The highest BCUT2D eigenvalue weighted by Crippen LogP contribution is 2.29.